The van der Waals surface area contributed by atoms with Crippen LogP contribution in [0.5, 0.6) is 5.75 Å². The molecule has 1 aliphatic heterocycles. The fourth-order valence-corrected chi connectivity index (χ4v) is 4.85. The van der Waals surface area contributed by atoms with Crippen LogP contribution in [0.15, 0.2) is 45.3 Å². The maximum Gasteiger partial charge on any atom is 0.269 e. The van der Waals surface area contributed by atoms with E-state index in [-0.39, 0.29) is 12.3 Å². The summed E-state index contributed by atoms with van der Waals surface area (Å²) in [5.41, 5.74) is 1.75. The average Bonchev–Trinajstić information content (AvgIpc) is 2.67. The number of hydrogen-bond donors (Lipinski definition) is 0. The van der Waals surface area contributed by atoms with Gasteiger partial charge >= 0.3 is 0 Å². The third-order valence-corrected chi connectivity index (χ3v) is 6.49. The molecule has 2 aromatic carbocycles. The van der Waals surface area contributed by atoms with Crippen LogP contribution in [0.1, 0.15) is 30.9 Å². The van der Waals surface area contributed by atoms with E-state index < -0.39 is 4.92 Å². The first-order valence-electron chi connectivity index (χ1n) is 8.99. The molecule has 28 heavy (non-hydrogen) atoms. The molecule has 0 aromatic heterocycles. The first kappa shape index (κ1) is 21.2. The Hall–Kier alpha value is -1.51. The normalized spacial score (nSPS) is 14.8. The molecule has 148 valence electrons. The highest BCUT2D eigenvalue weighted by molar-refractivity contribution is 9.11. The van der Waals surface area contributed by atoms with Crippen LogP contribution in [-0.4, -0.2) is 27.9 Å². The van der Waals surface area contributed by atoms with Crippen molar-refractivity contribution in [3.8, 4) is 5.75 Å². The van der Waals surface area contributed by atoms with Gasteiger partial charge in [0, 0.05) is 30.8 Å². The van der Waals surface area contributed by atoms with Gasteiger partial charge in [-0.25, -0.2) is 0 Å². The average molecular weight is 528 g/mol. The molecule has 1 aliphatic rings. The third kappa shape index (κ3) is 5.10. The Kier molecular flexibility index (Phi) is 7.06. The summed E-state index contributed by atoms with van der Waals surface area (Å²) in [7, 11) is 0. The van der Waals surface area contributed by atoms with Gasteiger partial charge in [0.05, 0.1) is 13.9 Å². The van der Waals surface area contributed by atoms with Crippen molar-refractivity contribution in [3.05, 3.63) is 66.6 Å². The van der Waals surface area contributed by atoms with Crippen LogP contribution < -0.4 is 4.74 Å². The molecule has 2 aromatic rings. The maximum absolute atomic E-state index is 10.9. The molecule has 8 heteroatoms. The molecule has 1 heterocycles. The summed E-state index contributed by atoms with van der Waals surface area (Å²) in [5.74, 6) is 1.40. The van der Waals surface area contributed by atoms with Gasteiger partial charge in [0.2, 0.25) is 0 Å². The number of nitro groups is 1. The van der Waals surface area contributed by atoms with Crippen molar-refractivity contribution in [2.75, 3.05) is 13.1 Å². The van der Waals surface area contributed by atoms with Crippen LogP contribution in [0, 0.1) is 16.0 Å². The van der Waals surface area contributed by atoms with E-state index in [1.54, 1.807) is 12.1 Å². The first-order chi connectivity index (χ1) is 13.3. The van der Waals surface area contributed by atoms with Gasteiger partial charge in [-0.05, 0) is 68.3 Å². The Balaban J connectivity index is 1.72. The monoisotopic (exact) mass is 526 g/mol. The zero-order chi connectivity index (χ0) is 20.3. The van der Waals surface area contributed by atoms with Gasteiger partial charge in [0.1, 0.15) is 17.3 Å². The number of thiocarbonyl (C=S) groups is 1. The molecule has 0 N–H and O–H groups in total. The molecule has 0 amide bonds. The van der Waals surface area contributed by atoms with Crippen LogP contribution >= 0.6 is 44.1 Å². The van der Waals surface area contributed by atoms with Crippen LogP contribution in [0.2, 0.25) is 0 Å². The van der Waals surface area contributed by atoms with E-state index in [1.807, 2.05) is 12.1 Å². The summed E-state index contributed by atoms with van der Waals surface area (Å²) in [6, 6.07) is 10.4. The minimum absolute atomic E-state index is 0.0516. The molecule has 5 nitrogen and oxygen atoms in total. The zero-order valence-corrected chi connectivity index (χ0v) is 19.3. The predicted octanol–water partition coefficient (Wildman–Crippen LogP) is 6.11. The second kappa shape index (κ2) is 9.33. The lowest BCUT2D eigenvalue weighted by molar-refractivity contribution is -0.384. The highest BCUT2D eigenvalue weighted by Crippen LogP contribution is 2.36. The van der Waals surface area contributed by atoms with E-state index in [0.717, 1.165) is 56.9 Å². The lowest BCUT2D eigenvalue weighted by atomic mass is 9.99. The van der Waals surface area contributed by atoms with Crippen LogP contribution in [0.4, 0.5) is 5.69 Å². The summed E-state index contributed by atoms with van der Waals surface area (Å²) in [5, 5.41) is 10.9. The molecule has 1 saturated heterocycles. The Bertz CT molecular complexity index is 876. The van der Waals surface area contributed by atoms with E-state index in [1.165, 1.54) is 12.1 Å². The Morgan fingerprint density at radius 1 is 1.25 bits per heavy atom. The Morgan fingerprint density at radius 3 is 2.50 bits per heavy atom. The number of hydrogen-bond acceptors (Lipinski definition) is 4. The van der Waals surface area contributed by atoms with E-state index in [9.17, 15) is 10.1 Å². The van der Waals surface area contributed by atoms with Crippen molar-refractivity contribution in [1.29, 1.82) is 0 Å². The highest BCUT2D eigenvalue weighted by atomic mass is 79.9. The third-order valence-electron chi connectivity index (χ3n) is 4.82. The van der Waals surface area contributed by atoms with Gasteiger partial charge < -0.3 is 9.64 Å². The topological polar surface area (TPSA) is 55.6 Å². The zero-order valence-electron chi connectivity index (χ0n) is 15.4. The number of benzene rings is 2. The molecule has 0 spiro atoms. The number of rotatable bonds is 5. The minimum Gasteiger partial charge on any atom is -0.487 e. The predicted molar refractivity (Wildman–Crippen MR) is 121 cm³/mol. The highest BCUT2D eigenvalue weighted by Gasteiger charge is 2.20. The van der Waals surface area contributed by atoms with E-state index in [0.29, 0.717) is 5.75 Å². The van der Waals surface area contributed by atoms with Crippen LogP contribution in [0.3, 0.4) is 0 Å². The van der Waals surface area contributed by atoms with E-state index in [2.05, 4.69) is 43.7 Å². The molecule has 0 atom stereocenters. The largest absolute Gasteiger partial charge is 0.487 e. The number of halogens is 2. The molecular weight excluding hydrogens is 508 g/mol. The SMILES string of the molecule is CC1CCN(C(=S)c2cc(Br)c(OCc3cccc([N+](=O)[O-])c3)c(Br)c2)CC1. The van der Waals surface area contributed by atoms with Gasteiger partial charge in [-0.1, -0.05) is 31.3 Å². The van der Waals surface area contributed by atoms with Crippen molar-refractivity contribution in [2.45, 2.75) is 26.4 Å². The lowest BCUT2D eigenvalue weighted by Gasteiger charge is -2.32. The number of nitrogens with zero attached hydrogens (tertiary/aromatic N) is 2. The summed E-state index contributed by atoms with van der Waals surface area (Å²) < 4.78 is 7.48. The fraction of sp³-hybridized carbons (Fsp3) is 0.350. The van der Waals surface area contributed by atoms with Gasteiger partial charge in [-0.2, -0.15) is 0 Å². The van der Waals surface area contributed by atoms with Crippen molar-refractivity contribution in [2.24, 2.45) is 5.92 Å². The molecule has 0 radical (unpaired) electrons. The lowest BCUT2D eigenvalue weighted by Crippen LogP contribution is -2.37. The van der Waals surface area contributed by atoms with Gasteiger partial charge in [0.25, 0.3) is 5.69 Å². The smallest absolute Gasteiger partial charge is 0.269 e. The molecule has 3 rings (SSSR count). The summed E-state index contributed by atoms with van der Waals surface area (Å²) in [6.45, 7) is 4.48. The fourth-order valence-electron chi connectivity index (χ4n) is 3.13. The van der Waals surface area contributed by atoms with Crippen LogP contribution in [0.25, 0.3) is 0 Å². The number of piperidine rings is 1. The molecular formula is C20H20Br2N2O3S. The second-order valence-corrected chi connectivity index (χ2v) is 9.05. The Morgan fingerprint density at radius 2 is 1.89 bits per heavy atom. The molecule has 0 unspecified atom stereocenters. The first-order valence-corrected chi connectivity index (χ1v) is 11.0. The van der Waals surface area contributed by atoms with E-state index >= 15 is 0 Å². The number of non-ortho nitro benzene ring substituents is 1. The number of nitro benzene ring substituents is 1. The summed E-state index contributed by atoms with van der Waals surface area (Å²) in [6.07, 6.45) is 2.32. The molecule has 1 fully saturated rings. The van der Waals surface area contributed by atoms with Crippen molar-refractivity contribution < 1.29 is 9.66 Å². The molecule has 0 saturated carbocycles. The van der Waals surface area contributed by atoms with Crippen molar-refractivity contribution in [3.63, 3.8) is 0 Å². The van der Waals surface area contributed by atoms with Crippen molar-refractivity contribution in [1.82, 2.24) is 4.90 Å². The second-order valence-electron chi connectivity index (χ2n) is 6.96. The van der Waals surface area contributed by atoms with Gasteiger partial charge in [-0.15, -0.1) is 0 Å². The van der Waals surface area contributed by atoms with Crippen molar-refractivity contribution >= 4 is 54.8 Å². The molecule has 0 aliphatic carbocycles. The van der Waals surface area contributed by atoms with Gasteiger partial charge in [-0.3, -0.25) is 10.1 Å². The molecule has 0 bridgehead atoms. The number of likely N-dealkylation sites (tertiary alicyclic amines) is 1. The summed E-state index contributed by atoms with van der Waals surface area (Å²) in [4.78, 5) is 13.6. The quantitative estimate of drug-likeness (QED) is 0.267. The summed E-state index contributed by atoms with van der Waals surface area (Å²) >= 11 is 12.8. The number of ether oxygens (including phenoxy) is 1. The Labute approximate surface area is 186 Å². The minimum atomic E-state index is -0.410. The van der Waals surface area contributed by atoms with E-state index in [4.69, 9.17) is 17.0 Å². The van der Waals surface area contributed by atoms with Gasteiger partial charge in [0.15, 0.2) is 0 Å². The maximum atomic E-state index is 10.9. The standard InChI is InChI=1S/C20H20Br2N2O3S/c1-13-5-7-23(8-6-13)20(28)15-10-17(21)19(18(22)11-15)27-12-14-3-2-4-16(9-14)24(25)26/h2-4,9-11,13H,5-8,12H2,1H3. The van der Waals surface area contributed by atoms with Crippen LogP contribution in [-0.2, 0) is 6.61 Å².